The number of carbonyl (C=O) groups excluding carboxylic acids is 1. The zero-order valence-corrected chi connectivity index (χ0v) is 22.3. The minimum Gasteiger partial charge on any atom is -0.460 e. The maximum Gasteiger partial charge on any atom is 0.459 e. The van der Waals surface area contributed by atoms with Crippen LogP contribution in [-0.2, 0) is 30.0 Å². The molecule has 39 heavy (non-hydrogen) atoms. The SMILES string of the molecule is Cc1cn([C@H]2C[C@@H](O)[C@@H](COP(=O)(N[C@@H](C)C(=O)OCc3ccccc3)Oc3ccccc3)O2)c(=O)[nH]c1=O. The quantitative estimate of drug-likeness (QED) is 0.235. The van der Waals surface area contributed by atoms with Crippen LogP contribution in [0, 0.1) is 6.92 Å². The molecule has 3 N–H and O–H groups in total. The molecule has 12 nitrogen and oxygen atoms in total. The molecule has 1 saturated heterocycles. The highest BCUT2D eigenvalue weighted by Crippen LogP contribution is 2.46. The average Bonchev–Trinajstić information content (AvgIpc) is 3.29. The van der Waals surface area contributed by atoms with Crippen LogP contribution < -0.4 is 20.9 Å². The van der Waals surface area contributed by atoms with Gasteiger partial charge in [0.2, 0.25) is 0 Å². The molecule has 1 aliphatic heterocycles. The fourth-order valence-electron chi connectivity index (χ4n) is 3.86. The van der Waals surface area contributed by atoms with E-state index in [9.17, 15) is 24.1 Å². The van der Waals surface area contributed by atoms with Crippen LogP contribution in [0.25, 0.3) is 0 Å². The van der Waals surface area contributed by atoms with Crippen molar-refractivity contribution in [2.75, 3.05) is 6.61 Å². The van der Waals surface area contributed by atoms with Crippen molar-refractivity contribution in [3.8, 4) is 5.75 Å². The van der Waals surface area contributed by atoms with Crippen molar-refractivity contribution in [3.05, 3.63) is 98.8 Å². The molecule has 0 radical (unpaired) electrons. The van der Waals surface area contributed by atoms with Crippen molar-refractivity contribution >= 4 is 13.7 Å². The zero-order valence-electron chi connectivity index (χ0n) is 21.4. The van der Waals surface area contributed by atoms with Crippen LogP contribution >= 0.6 is 7.75 Å². The first-order valence-corrected chi connectivity index (χ1v) is 13.8. The fourth-order valence-corrected chi connectivity index (χ4v) is 5.36. The van der Waals surface area contributed by atoms with Gasteiger partial charge >= 0.3 is 19.4 Å². The van der Waals surface area contributed by atoms with Crippen molar-refractivity contribution in [1.29, 1.82) is 0 Å². The van der Waals surface area contributed by atoms with Crippen LogP contribution in [0.15, 0.2) is 76.4 Å². The number of carbonyl (C=O) groups is 1. The van der Waals surface area contributed by atoms with Gasteiger partial charge in [-0.2, -0.15) is 5.09 Å². The zero-order chi connectivity index (χ0) is 28.0. The predicted octanol–water partition coefficient (Wildman–Crippen LogP) is 2.42. The first kappa shape index (κ1) is 28.5. The Hall–Kier alpha value is -3.54. The second kappa shape index (κ2) is 12.5. The molecule has 4 rings (SSSR count). The molecule has 0 amide bonds. The van der Waals surface area contributed by atoms with Gasteiger partial charge in [0.15, 0.2) is 0 Å². The van der Waals surface area contributed by atoms with Crippen LogP contribution in [0.3, 0.4) is 0 Å². The standard InChI is InChI=1S/C26H30N3O9P/c1-17-14-29(26(33)27-24(17)31)23-13-21(30)22(37-23)16-36-39(34,38-20-11-7-4-8-12-20)28-18(2)25(32)35-15-19-9-5-3-6-10-19/h3-12,14,18,21-23,30H,13,15-16H2,1-2H3,(H,28,34)(H,27,31,33)/t18-,21+,22+,23+,39?/m0/s1. The summed E-state index contributed by atoms with van der Waals surface area (Å²) in [5, 5.41) is 13.1. The van der Waals surface area contributed by atoms with Gasteiger partial charge in [0, 0.05) is 18.2 Å². The predicted molar refractivity (Wildman–Crippen MR) is 140 cm³/mol. The van der Waals surface area contributed by atoms with Crippen molar-refractivity contribution in [2.24, 2.45) is 0 Å². The molecule has 5 atom stereocenters. The summed E-state index contributed by atoms with van der Waals surface area (Å²) in [6.45, 7) is 2.64. The number of aromatic amines is 1. The highest BCUT2D eigenvalue weighted by atomic mass is 31.2. The smallest absolute Gasteiger partial charge is 0.459 e. The second-order valence-corrected chi connectivity index (χ2v) is 10.7. The Morgan fingerprint density at radius 3 is 2.54 bits per heavy atom. The lowest BCUT2D eigenvalue weighted by Gasteiger charge is -2.24. The van der Waals surface area contributed by atoms with E-state index < -0.39 is 56.0 Å². The first-order chi connectivity index (χ1) is 18.6. The summed E-state index contributed by atoms with van der Waals surface area (Å²) in [6.07, 6.45) is -1.57. The van der Waals surface area contributed by atoms with E-state index >= 15 is 0 Å². The Labute approximate surface area is 224 Å². The highest BCUT2D eigenvalue weighted by Gasteiger charge is 2.39. The maximum atomic E-state index is 13.7. The molecule has 0 aliphatic carbocycles. The van der Waals surface area contributed by atoms with Gasteiger partial charge in [0.05, 0.1) is 12.7 Å². The minimum atomic E-state index is -4.20. The molecule has 1 fully saturated rings. The van der Waals surface area contributed by atoms with Gasteiger partial charge in [-0.15, -0.1) is 0 Å². The normalized spacial score (nSPS) is 21.2. The number of para-hydroxylation sites is 1. The van der Waals surface area contributed by atoms with Crippen LogP contribution in [0.2, 0.25) is 0 Å². The van der Waals surface area contributed by atoms with Gasteiger partial charge in [-0.25, -0.2) is 9.36 Å². The maximum absolute atomic E-state index is 13.7. The summed E-state index contributed by atoms with van der Waals surface area (Å²) < 4.78 is 37.2. The summed E-state index contributed by atoms with van der Waals surface area (Å²) >= 11 is 0. The number of aromatic nitrogens is 2. The Bertz CT molecular complexity index is 1430. The number of hydrogen-bond acceptors (Lipinski definition) is 9. The van der Waals surface area contributed by atoms with Crippen molar-refractivity contribution in [2.45, 2.75) is 51.4 Å². The average molecular weight is 560 g/mol. The number of benzene rings is 2. The van der Waals surface area contributed by atoms with E-state index in [0.717, 1.165) is 5.56 Å². The van der Waals surface area contributed by atoms with Gasteiger partial charge in [-0.3, -0.25) is 23.7 Å². The molecule has 3 aromatic rings. The second-order valence-electron chi connectivity index (χ2n) is 9.05. The Morgan fingerprint density at radius 1 is 1.18 bits per heavy atom. The topological polar surface area (TPSA) is 158 Å². The van der Waals surface area contributed by atoms with E-state index in [-0.39, 0.29) is 18.8 Å². The molecule has 1 unspecified atom stereocenters. The van der Waals surface area contributed by atoms with Crippen LogP contribution in [0.5, 0.6) is 5.75 Å². The molecule has 208 valence electrons. The van der Waals surface area contributed by atoms with Gasteiger partial charge in [-0.1, -0.05) is 48.5 Å². The third-order valence-electron chi connectivity index (χ3n) is 5.97. The number of aliphatic hydroxyl groups is 1. The Balaban J connectivity index is 1.43. The van der Waals surface area contributed by atoms with E-state index in [1.165, 1.54) is 24.6 Å². The molecule has 1 aromatic heterocycles. The largest absolute Gasteiger partial charge is 0.460 e. The Morgan fingerprint density at radius 2 is 1.85 bits per heavy atom. The summed E-state index contributed by atoms with van der Waals surface area (Å²) in [5.74, 6) is -0.455. The lowest BCUT2D eigenvalue weighted by atomic mass is 10.2. The highest BCUT2D eigenvalue weighted by molar-refractivity contribution is 7.52. The van der Waals surface area contributed by atoms with E-state index in [2.05, 4.69) is 10.1 Å². The summed E-state index contributed by atoms with van der Waals surface area (Å²) in [4.78, 5) is 38.7. The molecule has 0 spiro atoms. The monoisotopic (exact) mass is 559 g/mol. The number of rotatable bonds is 11. The Kier molecular flexibility index (Phi) is 9.16. The molecular weight excluding hydrogens is 529 g/mol. The number of nitrogens with zero attached hydrogens (tertiary/aromatic N) is 1. The van der Waals surface area contributed by atoms with E-state index in [4.69, 9.17) is 18.5 Å². The first-order valence-electron chi connectivity index (χ1n) is 12.3. The van der Waals surface area contributed by atoms with Crippen molar-refractivity contribution in [1.82, 2.24) is 14.6 Å². The van der Waals surface area contributed by atoms with Gasteiger partial charge in [-0.05, 0) is 31.5 Å². The number of esters is 1. The summed E-state index contributed by atoms with van der Waals surface area (Å²) in [5.41, 5.74) is -0.120. The third-order valence-corrected chi connectivity index (χ3v) is 7.61. The number of aryl methyl sites for hydroxylation is 1. The fraction of sp³-hybridized carbons (Fsp3) is 0.346. The molecule has 13 heteroatoms. The third kappa shape index (κ3) is 7.53. The molecule has 0 saturated carbocycles. The molecule has 2 aromatic carbocycles. The van der Waals surface area contributed by atoms with Crippen LogP contribution in [0.1, 0.15) is 30.7 Å². The van der Waals surface area contributed by atoms with Crippen molar-refractivity contribution < 1.29 is 33.0 Å². The summed E-state index contributed by atoms with van der Waals surface area (Å²) in [7, 11) is -4.20. The van der Waals surface area contributed by atoms with Crippen LogP contribution in [0.4, 0.5) is 0 Å². The van der Waals surface area contributed by atoms with E-state index in [0.29, 0.717) is 5.56 Å². The van der Waals surface area contributed by atoms with E-state index in [1.54, 1.807) is 42.5 Å². The molecule has 0 bridgehead atoms. The minimum absolute atomic E-state index is 0.0267. The van der Waals surface area contributed by atoms with Gasteiger partial charge in [0.25, 0.3) is 5.56 Å². The lowest BCUT2D eigenvalue weighted by Crippen LogP contribution is -2.36. The number of hydrogen-bond donors (Lipinski definition) is 3. The summed E-state index contributed by atoms with van der Waals surface area (Å²) in [6, 6.07) is 16.3. The molecular formula is C26H30N3O9P. The molecule has 2 heterocycles. The molecule has 1 aliphatic rings. The van der Waals surface area contributed by atoms with Gasteiger partial charge in [0.1, 0.15) is 30.7 Å². The van der Waals surface area contributed by atoms with E-state index in [1.807, 2.05) is 18.2 Å². The number of ether oxygens (including phenoxy) is 2. The lowest BCUT2D eigenvalue weighted by molar-refractivity contribution is -0.146. The van der Waals surface area contributed by atoms with Crippen LogP contribution in [-0.4, -0.2) is 45.5 Å². The number of H-pyrrole nitrogens is 1. The van der Waals surface area contributed by atoms with Gasteiger partial charge < -0.3 is 19.1 Å². The number of nitrogens with one attached hydrogen (secondary N) is 2. The van der Waals surface area contributed by atoms with Crippen molar-refractivity contribution in [3.63, 3.8) is 0 Å². The number of aliphatic hydroxyl groups excluding tert-OH is 1.